The quantitative estimate of drug-likeness (QED) is 0.660. The van der Waals surface area contributed by atoms with Gasteiger partial charge in [-0.2, -0.15) is 0 Å². The Morgan fingerprint density at radius 1 is 1.31 bits per heavy atom. The normalized spacial score (nSPS) is 18.8. The van der Waals surface area contributed by atoms with E-state index < -0.39 is 0 Å². The number of rotatable bonds is 9. The summed E-state index contributed by atoms with van der Waals surface area (Å²) < 4.78 is 5.17. The molecule has 7 nitrogen and oxygen atoms in total. The summed E-state index contributed by atoms with van der Waals surface area (Å²) in [7, 11) is 0. The van der Waals surface area contributed by atoms with Crippen LogP contribution in [0, 0.1) is 11.8 Å². The fourth-order valence-corrected chi connectivity index (χ4v) is 3.97. The summed E-state index contributed by atoms with van der Waals surface area (Å²) in [5.41, 5.74) is 7.55. The van der Waals surface area contributed by atoms with Gasteiger partial charge in [-0.05, 0) is 48.9 Å². The fourth-order valence-electron chi connectivity index (χ4n) is 3.97. The molecule has 1 aliphatic heterocycles. The molecule has 0 radical (unpaired) electrons. The van der Waals surface area contributed by atoms with Gasteiger partial charge in [-0.15, -0.1) is 0 Å². The van der Waals surface area contributed by atoms with Gasteiger partial charge in [-0.1, -0.05) is 20.3 Å². The highest BCUT2D eigenvalue weighted by atomic mass is 16.5. The molecule has 1 aromatic carbocycles. The van der Waals surface area contributed by atoms with E-state index in [-0.39, 0.29) is 24.5 Å². The van der Waals surface area contributed by atoms with Crippen molar-refractivity contribution in [1.82, 2.24) is 4.90 Å². The Morgan fingerprint density at radius 3 is 2.59 bits per heavy atom. The van der Waals surface area contributed by atoms with Crippen molar-refractivity contribution in [3.05, 3.63) is 24.3 Å². The van der Waals surface area contributed by atoms with Crippen molar-refractivity contribution >= 4 is 23.2 Å². The average Bonchev–Trinajstić information content (AvgIpc) is 2.66. The first-order chi connectivity index (χ1) is 14.0. The van der Waals surface area contributed by atoms with Crippen molar-refractivity contribution in [2.45, 2.75) is 39.2 Å². The standard InChI is InChI=1S/C22H34N4O3/c1-16(2)13-25(14-17-4-3-5-17)20(12-23)22(28)24-18-6-8-19(9-7-18)26-10-11-29-15-21(26)27/h6-9,16-17,20H,3-5,10-15,23H2,1-2H3,(H,24,28)/t20-/m1/s1. The van der Waals surface area contributed by atoms with E-state index in [0.29, 0.717) is 37.2 Å². The van der Waals surface area contributed by atoms with Crippen LogP contribution < -0.4 is 16.0 Å². The van der Waals surface area contributed by atoms with Crippen LogP contribution in [0.5, 0.6) is 0 Å². The second-order valence-electron chi connectivity index (χ2n) is 8.53. The van der Waals surface area contributed by atoms with E-state index in [0.717, 1.165) is 18.8 Å². The van der Waals surface area contributed by atoms with Gasteiger partial charge >= 0.3 is 0 Å². The molecule has 1 atom stereocenters. The van der Waals surface area contributed by atoms with Gasteiger partial charge in [0, 0.05) is 37.6 Å². The summed E-state index contributed by atoms with van der Waals surface area (Å²) in [4.78, 5) is 28.9. The number of carbonyl (C=O) groups is 2. The zero-order chi connectivity index (χ0) is 20.8. The number of nitrogens with two attached hydrogens (primary N) is 1. The van der Waals surface area contributed by atoms with Gasteiger partial charge in [0.2, 0.25) is 5.91 Å². The Hall–Kier alpha value is -1.96. The monoisotopic (exact) mass is 402 g/mol. The van der Waals surface area contributed by atoms with Crippen molar-refractivity contribution in [3.8, 4) is 0 Å². The van der Waals surface area contributed by atoms with Crippen molar-refractivity contribution in [2.75, 3.05) is 49.6 Å². The van der Waals surface area contributed by atoms with Crippen LogP contribution in [-0.2, 0) is 14.3 Å². The van der Waals surface area contributed by atoms with E-state index in [9.17, 15) is 9.59 Å². The number of carbonyl (C=O) groups excluding carboxylic acids is 2. The number of anilines is 2. The maximum atomic E-state index is 13.0. The van der Waals surface area contributed by atoms with Gasteiger partial charge < -0.3 is 20.7 Å². The highest BCUT2D eigenvalue weighted by Gasteiger charge is 2.29. The lowest BCUT2D eigenvalue weighted by molar-refractivity contribution is -0.125. The number of amides is 2. The predicted octanol–water partition coefficient (Wildman–Crippen LogP) is 2.07. The Kier molecular flexibility index (Phi) is 7.64. The molecular formula is C22H34N4O3. The third-order valence-corrected chi connectivity index (χ3v) is 5.72. The van der Waals surface area contributed by atoms with Gasteiger partial charge in [0.15, 0.2) is 0 Å². The molecule has 2 aliphatic rings. The van der Waals surface area contributed by atoms with Gasteiger partial charge in [0.05, 0.1) is 6.61 Å². The lowest BCUT2D eigenvalue weighted by Crippen LogP contribution is -2.52. The zero-order valence-electron chi connectivity index (χ0n) is 17.6. The van der Waals surface area contributed by atoms with E-state index >= 15 is 0 Å². The van der Waals surface area contributed by atoms with Gasteiger partial charge in [0.25, 0.3) is 5.91 Å². The largest absolute Gasteiger partial charge is 0.370 e. The lowest BCUT2D eigenvalue weighted by Gasteiger charge is -2.37. The molecule has 1 aromatic rings. The summed E-state index contributed by atoms with van der Waals surface area (Å²) in [6, 6.07) is 7.05. The summed E-state index contributed by atoms with van der Waals surface area (Å²) >= 11 is 0. The third-order valence-electron chi connectivity index (χ3n) is 5.72. The summed E-state index contributed by atoms with van der Waals surface area (Å²) in [5.74, 6) is 1.04. The molecule has 1 aliphatic carbocycles. The van der Waals surface area contributed by atoms with Crippen LogP contribution >= 0.6 is 0 Å². The first-order valence-corrected chi connectivity index (χ1v) is 10.7. The van der Waals surface area contributed by atoms with Gasteiger partial charge in [-0.25, -0.2) is 0 Å². The first kappa shape index (κ1) is 21.7. The van der Waals surface area contributed by atoms with Crippen LogP contribution in [0.2, 0.25) is 0 Å². The molecule has 1 saturated carbocycles. The third kappa shape index (κ3) is 5.78. The van der Waals surface area contributed by atoms with E-state index in [4.69, 9.17) is 10.5 Å². The predicted molar refractivity (Wildman–Crippen MR) is 115 cm³/mol. The van der Waals surface area contributed by atoms with Crippen molar-refractivity contribution in [2.24, 2.45) is 17.6 Å². The minimum atomic E-state index is -0.335. The topological polar surface area (TPSA) is 87.9 Å². The molecule has 0 aromatic heterocycles. The van der Waals surface area contributed by atoms with Gasteiger partial charge in [0.1, 0.15) is 12.6 Å². The molecule has 29 heavy (non-hydrogen) atoms. The minimum absolute atomic E-state index is 0.0449. The Labute approximate surface area is 173 Å². The summed E-state index contributed by atoms with van der Waals surface area (Å²) in [6.45, 7) is 7.64. The van der Waals surface area contributed by atoms with Crippen LogP contribution in [0.15, 0.2) is 24.3 Å². The molecule has 3 rings (SSSR count). The number of hydrogen-bond acceptors (Lipinski definition) is 5. The van der Waals surface area contributed by atoms with Crippen molar-refractivity contribution in [1.29, 1.82) is 0 Å². The highest BCUT2D eigenvalue weighted by molar-refractivity contribution is 5.97. The molecule has 0 bridgehead atoms. The van der Waals surface area contributed by atoms with Crippen molar-refractivity contribution in [3.63, 3.8) is 0 Å². The Morgan fingerprint density at radius 2 is 2.03 bits per heavy atom. The number of ether oxygens (including phenoxy) is 1. The summed E-state index contributed by atoms with van der Waals surface area (Å²) in [5, 5.41) is 3.01. The molecule has 3 N–H and O–H groups in total. The molecule has 0 unspecified atom stereocenters. The minimum Gasteiger partial charge on any atom is -0.370 e. The average molecular weight is 403 g/mol. The maximum absolute atomic E-state index is 13.0. The van der Waals surface area contributed by atoms with Crippen LogP contribution in [0.4, 0.5) is 11.4 Å². The number of morpholine rings is 1. The smallest absolute Gasteiger partial charge is 0.253 e. The molecule has 1 heterocycles. The number of hydrogen-bond donors (Lipinski definition) is 2. The van der Waals surface area contributed by atoms with Crippen molar-refractivity contribution < 1.29 is 14.3 Å². The molecule has 1 saturated heterocycles. The van der Waals surface area contributed by atoms with E-state index in [1.165, 1.54) is 19.3 Å². The highest BCUT2D eigenvalue weighted by Crippen LogP contribution is 2.28. The van der Waals surface area contributed by atoms with E-state index in [1.54, 1.807) is 4.90 Å². The van der Waals surface area contributed by atoms with Crippen LogP contribution in [0.3, 0.4) is 0 Å². The van der Waals surface area contributed by atoms with Crippen LogP contribution in [0.1, 0.15) is 33.1 Å². The molecule has 7 heteroatoms. The first-order valence-electron chi connectivity index (χ1n) is 10.7. The Balaban J connectivity index is 1.63. The SMILES string of the molecule is CC(C)CN(CC1CCC1)[C@H](CN)C(=O)Nc1ccc(N2CCOCC2=O)cc1. The molecular weight excluding hydrogens is 368 g/mol. The Bertz CT molecular complexity index is 688. The molecule has 160 valence electrons. The maximum Gasteiger partial charge on any atom is 0.253 e. The molecule has 0 spiro atoms. The zero-order valence-corrected chi connectivity index (χ0v) is 17.6. The second-order valence-corrected chi connectivity index (χ2v) is 8.53. The van der Waals surface area contributed by atoms with E-state index in [1.807, 2.05) is 24.3 Å². The van der Waals surface area contributed by atoms with E-state index in [2.05, 4.69) is 24.1 Å². The van der Waals surface area contributed by atoms with Crippen LogP contribution in [0.25, 0.3) is 0 Å². The molecule has 2 amide bonds. The number of benzene rings is 1. The van der Waals surface area contributed by atoms with Crippen LogP contribution in [-0.4, -0.2) is 62.1 Å². The molecule has 2 fully saturated rings. The summed E-state index contributed by atoms with van der Waals surface area (Å²) in [6.07, 6.45) is 3.78. The van der Waals surface area contributed by atoms with Gasteiger partial charge in [-0.3, -0.25) is 14.5 Å². The number of nitrogens with one attached hydrogen (secondary N) is 1. The lowest BCUT2D eigenvalue weighted by atomic mass is 9.84. The second kappa shape index (κ2) is 10.2. The fraction of sp³-hybridized carbons (Fsp3) is 0.636. The number of nitrogens with zero attached hydrogens (tertiary/aromatic N) is 2.